The molecule has 23 heavy (non-hydrogen) atoms. The van der Waals surface area contributed by atoms with E-state index in [0.29, 0.717) is 17.2 Å². The number of likely N-dealkylation sites (tertiary alicyclic amines) is 1. The predicted molar refractivity (Wildman–Crippen MR) is 88.7 cm³/mol. The fourth-order valence-electron chi connectivity index (χ4n) is 2.49. The van der Waals surface area contributed by atoms with Crippen molar-refractivity contribution in [1.29, 1.82) is 5.26 Å². The highest BCUT2D eigenvalue weighted by molar-refractivity contribution is 6.07. The molecule has 2 rings (SSSR count). The predicted octanol–water partition coefficient (Wildman–Crippen LogP) is 2.97. The van der Waals surface area contributed by atoms with Crippen LogP contribution in [-0.4, -0.2) is 29.7 Å². The third kappa shape index (κ3) is 4.68. The molecule has 1 aliphatic heterocycles. The van der Waals surface area contributed by atoms with Gasteiger partial charge in [-0.2, -0.15) is 5.26 Å². The Morgan fingerprint density at radius 1 is 1.35 bits per heavy atom. The average molecular weight is 311 g/mol. The maximum atomic E-state index is 12.2. The van der Waals surface area contributed by atoms with Gasteiger partial charge in [0.1, 0.15) is 11.6 Å². The van der Waals surface area contributed by atoms with Gasteiger partial charge in [-0.15, -0.1) is 0 Å². The Kier molecular flexibility index (Phi) is 5.53. The van der Waals surface area contributed by atoms with Gasteiger partial charge >= 0.3 is 0 Å². The Bertz CT molecular complexity index is 665. The fraction of sp³-hybridized carbons (Fsp3) is 0.389. The minimum absolute atomic E-state index is 0.0698. The van der Waals surface area contributed by atoms with Crippen LogP contribution in [-0.2, 0) is 4.79 Å². The van der Waals surface area contributed by atoms with Crippen molar-refractivity contribution in [2.75, 3.05) is 18.4 Å². The van der Waals surface area contributed by atoms with E-state index in [9.17, 15) is 14.9 Å². The number of rotatable bonds is 4. The van der Waals surface area contributed by atoms with Crippen molar-refractivity contribution in [2.45, 2.75) is 26.7 Å². The summed E-state index contributed by atoms with van der Waals surface area (Å²) in [7, 11) is 0. The molecular formula is C18H21N3O2. The van der Waals surface area contributed by atoms with Gasteiger partial charge in [0.05, 0.1) is 0 Å². The molecule has 0 aliphatic carbocycles. The Balaban J connectivity index is 2.07. The SMILES string of the molecule is CC(=O)c1cccc(NC(=O)/C(C#N)=C\N2CCC(C)CC2)c1. The van der Waals surface area contributed by atoms with E-state index in [2.05, 4.69) is 12.2 Å². The number of nitrogens with one attached hydrogen (secondary N) is 1. The quantitative estimate of drug-likeness (QED) is 0.527. The number of hydrogen-bond acceptors (Lipinski definition) is 4. The largest absolute Gasteiger partial charge is 0.376 e. The van der Waals surface area contributed by atoms with E-state index in [1.165, 1.54) is 6.92 Å². The van der Waals surface area contributed by atoms with Gasteiger partial charge in [-0.05, 0) is 37.8 Å². The number of hydrogen-bond donors (Lipinski definition) is 1. The second-order valence-electron chi connectivity index (χ2n) is 5.96. The molecule has 0 radical (unpaired) electrons. The minimum Gasteiger partial charge on any atom is -0.376 e. The second kappa shape index (κ2) is 7.59. The smallest absolute Gasteiger partial charge is 0.267 e. The van der Waals surface area contributed by atoms with Gasteiger partial charge in [0.25, 0.3) is 5.91 Å². The van der Waals surface area contributed by atoms with Gasteiger partial charge in [0.15, 0.2) is 5.78 Å². The number of carbonyl (C=O) groups is 2. The summed E-state index contributed by atoms with van der Waals surface area (Å²) in [5.41, 5.74) is 1.11. The number of nitriles is 1. The summed E-state index contributed by atoms with van der Waals surface area (Å²) in [6.45, 7) is 5.40. The summed E-state index contributed by atoms with van der Waals surface area (Å²) in [4.78, 5) is 25.6. The first-order chi connectivity index (χ1) is 11.0. The van der Waals surface area contributed by atoms with Gasteiger partial charge in [0, 0.05) is 30.5 Å². The molecule has 0 bridgehead atoms. The molecule has 1 aromatic rings. The lowest BCUT2D eigenvalue weighted by atomic mass is 9.99. The monoisotopic (exact) mass is 311 g/mol. The third-order valence-electron chi connectivity index (χ3n) is 4.02. The molecule has 1 aromatic carbocycles. The molecule has 0 saturated carbocycles. The first-order valence-electron chi connectivity index (χ1n) is 7.78. The number of amides is 1. The lowest BCUT2D eigenvalue weighted by molar-refractivity contribution is -0.112. The van der Waals surface area contributed by atoms with Gasteiger partial charge in [-0.25, -0.2) is 0 Å². The van der Waals surface area contributed by atoms with Crippen LogP contribution in [0.2, 0.25) is 0 Å². The van der Waals surface area contributed by atoms with Gasteiger partial charge < -0.3 is 10.2 Å². The van der Waals surface area contributed by atoms with Crippen molar-refractivity contribution in [1.82, 2.24) is 4.90 Å². The van der Waals surface area contributed by atoms with Crippen LogP contribution < -0.4 is 5.32 Å². The molecule has 1 fully saturated rings. The standard InChI is InChI=1S/C18H21N3O2/c1-13-6-8-21(9-7-13)12-16(11-19)18(23)20-17-5-3-4-15(10-17)14(2)22/h3-5,10,12-13H,6-9H2,1-2H3,(H,20,23)/b16-12-. The van der Waals surface area contributed by atoms with Crippen molar-refractivity contribution >= 4 is 17.4 Å². The number of carbonyl (C=O) groups excluding carboxylic acids is 2. The highest BCUT2D eigenvalue weighted by Crippen LogP contribution is 2.17. The Morgan fingerprint density at radius 3 is 2.65 bits per heavy atom. The van der Waals surface area contributed by atoms with E-state index in [1.54, 1.807) is 30.5 Å². The molecular weight excluding hydrogens is 290 g/mol. The molecule has 1 aliphatic rings. The third-order valence-corrected chi connectivity index (χ3v) is 4.02. The number of ketones is 1. The molecule has 5 heteroatoms. The van der Waals surface area contributed by atoms with Gasteiger partial charge in [0.2, 0.25) is 0 Å². The van der Waals surface area contributed by atoms with E-state index in [0.717, 1.165) is 25.9 Å². The van der Waals surface area contributed by atoms with E-state index >= 15 is 0 Å². The van der Waals surface area contributed by atoms with Crippen LogP contribution in [0.4, 0.5) is 5.69 Å². The van der Waals surface area contributed by atoms with E-state index in [1.807, 2.05) is 11.0 Å². The summed E-state index contributed by atoms with van der Waals surface area (Å²) >= 11 is 0. The van der Waals surface area contributed by atoms with Crippen LogP contribution in [0.5, 0.6) is 0 Å². The molecule has 0 spiro atoms. The van der Waals surface area contributed by atoms with Crippen LogP contribution in [0.25, 0.3) is 0 Å². The number of benzene rings is 1. The van der Waals surface area contributed by atoms with E-state index < -0.39 is 5.91 Å². The summed E-state index contributed by atoms with van der Waals surface area (Å²) in [5, 5.41) is 11.9. The lowest BCUT2D eigenvalue weighted by Crippen LogP contribution is -2.29. The van der Waals surface area contributed by atoms with Crippen molar-refractivity contribution in [2.24, 2.45) is 5.92 Å². The summed E-state index contributed by atoms with van der Waals surface area (Å²) in [6.07, 6.45) is 3.77. The molecule has 1 saturated heterocycles. The number of piperidine rings is 1. The number of nitrogens with zero attached hydrogens (tertiary/aromatic N) is 2. The van der Waals surface area contributed by atoms with Gasteiger partial charge in [-0.1, -0.05) is 19.1 Å². The molecule has 120 valence electrons. The molecule has 0 atom stereocenters. The van der Waals surface area contributed by atoms with Crippen molar-refractivity contribution in [3.63, 3.8) is 0 Å². The maximum absolute atomic E-state index is 12.2. The second-order valence-corrected chi connectivity index (χ2v) is 5.96. The van der Waals surface area contributed by atoms with Crippen LogP contribution >= 0.6 is 0 Å². The highest BCUT2D eigenvalue weighted by atomic mass is 16.1. The average Bonchev–Trinajstić information content (AvgIpc) is 2.54. The topological polar surface area (TPSA) is 73.2 Å². The molecule has 0 unspecified atom stereocenters. The normalized spacial score (nSPS) is 15.9. The zero-order chi connectivity index (χ0) is 16.8. The Labute approximate surface area is 136 Å². The minimum atomic E-state index is -0.452. The van der Waals surface area contributed by atoms with Crippen molar-refractivity contribution < 1.29 is 9.59 Å². The highest BCUT2D eigenvalue weighted by Gasteiger charge is 2.16. The molecule has 0 aromatic heterocycles. The van der Waals surface area contributed by atoms with Gasteiger partial charge in [-0.3, -0.25) is 9.59 Å². The van der Waals surface area contributed by atoms with Crippen LogP contribution in [0.1, 0.15) is 37.0 Å². The van der Waals surface area contributed by atoms with E-state index in [4.69, 9.17) is 0 Å². The Hall–Kier alpha value is -2.61. The maximum Gasteiger partial charge on any atom is 0.267 e. The zero-order valence-electron chi connectivity index (χ0n) is 13.5. The van der Waals surface area contributed by atoms with Crippen LogP contribution in [0.3, 0.4) is 0 Å². The lowest BCUT2D eigenvalue weighted by Gasteiger charge is -2.29. The van der Waals surface area contributed by atoms with E-state index in [-0.39, 0.29) is 11.4 Å². The van der Waals surface area contributed by atoms with Crippen molar-refractivity contribution in [3.8, 4) is 6.07 Å². The molecule has 1 N–H and O–H groups in total. The van der Waals surface area contributed by atoms with Crippen LogP contribution in [0.15, 0.2) is 36.0 Å². The molecule has 1 amide bonds. The van der Waals surface area contributed by atoms with Crippen LogP contribution in [0, 0.1) is 17.2 Å². The zero-order valence-corrected chi connectivity index (χ0v) is 13.5. The summed E-state index contributed by atoms with van der Waals surface area (Å²) in [5.74, 6) is 0.166. The van der Waals surface area contributed by atoms with Crippen molar-refractivity contribution in [3.05, 3.63) is 41.6 Å². The fourth-order valence-corrected chi connectivity index (χ4v) is 2.49. The first-order valence-corrected chi connectivity index (χ1v) is 7.78. The number of Topliss-reactive ketones (excluding diaryl/α,β-unsaturated/α-hetero) is 1. The summed E-state index contributed by atoms with van der Waals surface area (Å²) < 4.78 is 0. The Morgan fingerprint density at radius 2 is 2.04 bits per heavy atom. The summed E-state index contributed by atoms with van der Waals surface area (Å²) in [6, 6.07) is 8.65. The molecule has 1 heterocycles. The molecule has 5 nitrogen and oxygen atoms in total. The number of anilines is 1. The first kappa shape index (κ1) is 16.8.